The number of ether oxygens (including phenoxy) is 2. The van der Waals surface area contributed by atoms with Gasteiger partial charge in [-0.05, 0) is 0 Å². The van der Waals surface area contributed by atoms with Crippen molar-refractivity contribution in [3.05, 3.63) is 60.7 Å². The number of hydrogen-bond acceptors (Lipinski definition) is 2. The van der Waals surface area contributed by atoms with Crippen molar-refractivity contribution < 1.29 is 26.5 Å². The zero-order chi connectivity index (χ0) is 11.6. The van der Waals surface area contributed by atoms with Crippen molar-refractivity contribution in [1.29, 1.82) is 0 Å². The summed E-state index contributed by atoms with van der Waals surface area (Å²) in [4.78, 5) is 0. The van der Waals surface area contributed by atoms with Gasteiger partial charge in [0.1, 0.15) is 0 Å². The zero-order valence-electron chi connectivity index (χ0n) is 9.81. The molecule has 0 saturated heterocycles. The monoisotopic (exact) mass is 269 g/mol. The maximum Gasteiger partial charge on any atom is 2.00 e. The molecule has 1 radical (unpaired) electrons. The van der Waals surface area contributed by atoms with Crippen molar-refractivity contribution in [3.8, 4) is 11.5 Å². The van der Waals surface area contributed by atoms with Gasteiger partial charge in [0, 0.05) is 11.5 Å². The fourth-order valence-corrected chi connectivity index (χ4v) is 1.02. The molecule has 17 heavy (non-hydrogen) atoms. The van der Waals surface area contributed by atoms with E-state index < -0.39 is 0 Å². The van der Waals surface area contributed by atoms with Gasteiger partial charge in [-0.2, -0.15) is 36.4 Å². The second-order valence-corrected chi connectivity index (χ2v) is 2.88. The van der Waals surface area contributed by atoms with E-state index in [1.807, 2.05) is 48.5 Å². The van der Waals surface area contributed by atoms with Crippen molar-refractivity contribution in [2.45, 2.75) is 0 Å². The Morgan fingerprint density at radius 1 is 0.706 bits per heavy atom. The Kier molecular flexibility index (Phi) is 8.93. The first kappa shape index (κ1) is 15.6. The van der Waals surface area contributed by atoms with Gasteiger partial charge >= 0.3 is 17.1 Å². The molecular weight excluding hydrogens is 255 g/mol. The molecule has 0 aliphatic carbocycles. The second kappa shape index (κ2) is 9.76. The maximum absolute atomic E-state index is 4.89. The summed E-state index contributed by atoms with van der Waals surface area (Å²) in [6, 6.07) is 20.5. The second-order valence-electron chi connectivity index (χ2n) is 2.88. The molecule has 0 aliphatic rings. The van der Waals surface area contributed by atoms with Gasteiger partial charge < -0.3 is 9.47 Å². The molecule has 0 saturated carbocycles. The first-order valence-corrected chi connectivity index (χ1v) is 4.87. The fraction of sp³-hybridized carbons (Fsp3) is 0.143. The summed E-state index contributed by atoms with van der Waals surface area (Å²) in [5.41, 5.74) is 0. The number of hydrogen-bond donors (Lipinski definition) is 0. The van der Waals surface area contributed by atoms with Crippen LogP contribution in [0.3, 0.4) is 0 Å². The van der Waals surface area contributed by atoms with Gasteiger partial charge in [0.05, 0.1) is 14.2 Å². The van der Waals surface area contributed by atoms with Crippen LogP contribution < -0.4 is 9.47 Å². The molecule has 2 nitrogen and oxygen atoms in total. The third-order valence-corrected chi connectivity index (χ3v) is 1.85. The topological polar surface area (TPSA) is 18.5 Å². The Hall–Kier alpha value is -1.44. The average molecular weight is 269 g/mol. The van der Waals surface area contributed by atoms with Crippen LogP contribution in [0.5, 0.6) is 11.5 Å². The molecule has 0 spiro atoms. The molecular formula is C14H14MnO2. The summed E-state index contributed by atoms with van der Waals surface area (Å²) < 4.78 is 9.79. The third kappa shape index (κ3) is 6.67. The molecule has 0 aromatic heterocycles. The Morgan fingerprint density at radius 2 is 1.00 bits per heavy atom. The minimum atomic E-state index is 0. The fourth-order valence-electron chi connectivity index (χ4n) is 1.02. The van der Waals surface area contributed by atoms with Crippen LogP contribution >= 0.6 is 0 Å². The predicted octanol–water partition coefficient (Wildman–Crippen LogP) is 2.99. The van der Waals surface area contributed by atoms with E-state index in [-0.39, 0.29) is 17.1 Å². The summed E-state index contributed by atoms with van der Waals surface area (Å²) in [6.07, 6.45) is 0. The standard InChI is InChI=1S/2C7H7O.Mn/c2*1-8-7-5-3-2-4-6-7;/h2*3-6H,1H3;/q2*-1;+2. The number of rotatable bonds is 2. The van der Waals surface area contributed by atoms with Crippen molar-refractivity contribution in [1.82, 2.24) is 0 Å². The summed E-state index contributed by atoms with van der Waals surface area (Å²) in [5, 5.41) is 0. The smallest absolute Gasteiger partial charge is 0.522 e. The summed E-state index contributed by atoms with van der Waals surface area (Å²) in [5.74, 6) is 1.76. The minimum Gasteiger partial charge on any atom is -0.522 e. The summed E-state index contributed by atoms with van der Waals surface area (Å²) in [6.45, 7) is 0. The number of methoxy groups -OCH3 is 2. The number of benzene rings is 2. The normalized spacial score (nSPS) is 8.12. The Bertz CT molecular complexity index is 336. The van der Waals surface area contributed by atoms with Gasteiger partial charge in [0.2, 0.25) is 0 Å². The van der Waals surface area contributed by atoms with E-state index in [1.54, 1.807) is 14.2 Å². The Morgan fingerprint density at radius 3 is 1.18 bits per heavy atom. The molecule has 0 aliphatic heterocycles. The summed E-state index contributed by atoms with van der Waals surface area (Å²) in [7, 11) is 3.30. The molecule has 0 heterocycles. The van der Waals surface area contributed by atoms with Gasteiger partial charge in [-0.15, -0.1) is 24.3 Å². The largest absolute Gasteiger partial charge is 2.00 e. The molecule has 2 aromatic carbocycles. The van der Waals surface area contributed by atoms with Crippen LogP contribution in [0.2, 0.25) is 0 Å². The molecule has 3 heteroatoms. The maximum atomic E-state index is 4.89. The molecule has 2 rings (SSSR count). The SMILES string of the molecule is COc1cc[c-]cc1.COc1cc[c-]cc1.[Mn+2]. The third-order valence-electron chi connectivity index (χ3n) is 1.85. The van der Waals surface area contributed by atoms with E-state index in [4.69, 9.17) is 9.47 Å². The van der Waals surface area contributed by atoms with Gasteiger partial charge in [-0.1, -0.05) is 0 Å². The minimum absolute atomic E-state index is 0. The molecule has 0 N–H and O–H groups in total. The molecule has 0 fully saturated rings. The molecule has 0 bridgehead atoms. The van der Waals surface area contributed by atoms with Crippen molar-refractivity contribution in [2.24, 2.45) is 0 Å². The molecule has 0 atom stereocenters. The van der Waals surface area contributed by atoms with Gasteiger partial charge in [0.25, 0.3) is 0 Å². The van der Waals surface area contributed by atoms with Crippen LogP contribution in [-0.4, -0.2) is 14.2 Å². The van der Waals surface area contributed by atoms with Crippen molar-refractivity contribution >= 4 is 0 Å². The molecule has 0 amide bonds. The van der Waals surface area contributed by atoms with E-state index in [2.05, 4.69) is 12.1 Å². The van der Waals surface area contributed by atoms with Crippen LogP contribution in [0, 0.1) is 12.1 Å². The van der Waals surface area contributed by atoms with Crippen LogP contribution in [0.15, 0.2) is 48.5 Å². The van der Waals surface area contributed by atoms with E-state index in [0.29, 0.717) is 0 Å². The zero-order valence-corrected chi connectivity index (χ0v) is 11.0. The molecule has 89 valence electrons. The van der Waals surface area contributed by atoms with Crippen LogP contribution in [-0.2, 0) is 17.1 Å². The van der Waals surface area contributed by atoms with Crippen LogP contribution in [0.1, 0.15) is 0 Å². The Labute approximate surface area is 113 Å². The Balaban J connectivity index is 0.000000284. The first-order valence-electron chi connectivity index (χ1n) is 4.87. The van der Waals surface area contributed by atoms with Crippen LogP contribution in [0.25, 0.3) is 0 Å². The van der Waals surface area contributed by atoms with E-state index >= 15 is 0 Å². The van der Waals surface area contributed by atoms with E-state index in [9.17, 15) is 0 Å². The first-order chi connectivity index (χ1) is 7.86. The van der Waals surface area contributed by atoms with Gasteiger partial charge in [-0.3, -0.25) is 0 Å². The van der Waals surface area contributed by atoms with Gasteiger partial charge in [0.15, 0.2) is 0 Å². The molecule has 0 unspecified atom stereocenters. The van der Waals surface area contributed by atoms with E-state index in [0.717, 1.165) is 11.5 Å². The predicted molar refractivity (Wildman–Crippen MR) is 63.7 cm³/mol. The quantitative estimate of drug-likeness (QED) is 0.616. The van der Waals surface area contributed by atoms with Gasteiger partial charge in [-0.25, -0.2) is 0 Å². The molecule has 2 aromatic rings. The van der Waals surface area contributed by atoms with Crippen molar-refractivity contribution in [2.75, 3.05) is 14.2 Å². The van der Waals surface area contributed by atoms with Crippen LogP contribution in [0.4, 0.5) is 0 Å². The summed E-state index contributed by atoms with van der Waals surface area (Å²) >= 11 is 0. The van der Waals surface area contributed by atoms with E-state index in [1.165, 1.54) is 0 Å². The van der Waals surface area contributed by atoms with Crippen molar-refractivity contribution in [3.63, 3.8) is 0 Å². The average Bonchev–Trinajstić information content (AvgIpc) is 2.41.